The van der Waals surface area contributed by atoms with E-state index in [1.807, 2.05) is 59.5 Å². The zero-order chi connectivity index (χ0) is 22.5. The first kappa shape index (κ1) is 21.5. The number of allylic oxidation sites excluding steroid dienone is 1. The summed E-state index contributed by atoms with van der Waals surface area (Å²) in [6.45, 7) is 2.08. The van der Waals surface area contributed by atoms with E-state index in [9.17, 15) is 9.59 Å². The van der Waals surface area contributed by atoms with Crippen LogP contribution >= 0.6 is 0 Å². The number of methoxy groups -OCH3 is 1. The second-order valence-corrected chi connectivity index (χ2v) is 7.44. The van der Waals surface area contributed by atoms with Gasteiger partial charge in [0, 0.05) is 25.7 Å². The molecule has 0 spiro atoms. The van der Waals surface area contributed by atoms with Crippen LogP contribution in [0.3, 0.4) is 0 Å². The SMILES string of the molecule is COc1ccc(/C=C/C(=O)c2c(-c3ccccc3)nn(C)c(=O)c2N2CCOCC2)cc1. The van der Waals surface area contributed by atoms with Crippen LogP contribution in [0.25, 0.3) is 17.3 Å². The quantitative estimate of drug-likeness (QED) is 0.441. The molecule has 0 saturated carbocycles. The number of carbonyl (C=O) groups excluding carboxylic acids is 1. The zero-order valence-electron chi connectivity index (χ0n) is 18.2. The molecular formula is C25H25N3O4. The Labute approximate surface area is 186 Å². The molecule has 0 unspecified atom stereocenters. The minimum absolute atomic E-state index is 0.272. The molecule has 0 radical (unpaired) electrons. The fourth-order valence-corrected chi connectivity index (χ4v) is 3.70. The van der Waals surface area contributed by atoms with E-state index in [0.717, 1.165) is 16.9 Å². The van der Waals surface area contributed by atoms with Crippen molar-refractivity contribution in [3.8, 4) is 17.0 Å². The summed E-state index contributed by atoms with van der Waals surface area (Å²) in [6.07, 6.45) is 3.23. The first-order valence-corrected chi connectivity index (χ1v) is 10.4. The normalized spacial score (nSPS) is 14.0. The molecule has 1 saturated heterocycles. The highest BCUT2D eigenvalue weighted by molar-refractivity contribution is 6.14. The van der Waals surface area contributed by atoms with Crippen molar-refractivity contribution in [2.45, 2.75) is 0 Å². The Kier molecular flexibility index (Phi) is 6.47. The molecule has 0 amide bonds. The van der Waals surface area contributed by atoms with Gasteiger partial charge in [0.2, 0.25) is 0 Å². The lowest BCUT2D eigenvalue weighted by Crippen LogP contribution is -2.42. The van der Waals surface area contributed by atoms with E-state index in [2.05, 4.69) is 5.10 Å². The molecule has 1 aliphatic rings. The van der Waals surface area contributed by atoms with Crippen molar-refractivity contribution in [1.82, 2.24) is 9.78 Å². The van der Waals surface area contributed by atoms with E-state index >= 15 is 0 Å². The number of aromatic nitrogens is 2. The van der Waals surface area contributed by atoms with Crippen LogP contribution in [0.15, 0.2) is 65.5 Å². The van der Waals surface area contributed by atoms with Crippen molar-refractivity contribution >= 4 is 17.5 Å². The summed E-state index contributed by atoms with van der Waals surface area (Å²) < 4.78 is 11.9. The average Bonchev–Trinajstić information content (AvgIpc) is 2.85. The van der Waals surface area contributed by atoms with Gasteiger partial charge in [0.25, 0.3) is 5.56 Å². The van der Waals surface area contributed by atoms with E-state index in [1.54, 1.807) is 20.2 Å². The predicted octanol–water partition coefficient (Wildman–Crippen LogP) is 3.19. The van der Waals surface area contributed by atoms with Crippen LogP contribution in [0.1, 0.15) is 15.9 Å². The molecule has 1 fully saturated rings. The number of nitrogens with zero attached hydrogens (tertiary/aromatic N) is 3. The lowest BCUT2D eigenvalue weighted by Gasteiger charge is -2.30. The molecule has 2 aromatic carbocycles. The first-order chi connectivity index (χ1) is 15.6. The Morgan fingerprint density at radius 3 is 2.41 bits per heavy atom. The van der Waals surface area contributed by atoms with Gasteiger partial charge in [-0.1, -0.05) is 48.5 Å². The number of ether oxygens (including phenoxy) is 2. The van der Waals surface area contributed by atoms with Crippen molar-refractivity contribution in [2.24, 2.45) is 7.05 Å². The number of morpholine rings is 1. The Morgan fingerprint density at radius 1 is 1.06 bits per heavy atom. The first-order valence-electron chi connectivity index (χ1n) is 10.4. The lowest BCUT2D eigenvalue weighted by molar-refractivity contribution is 0.104. The van der Waals surface area contributed by atoms with E-state index in [-0.39, 0.29) is 11.3 Å². The maximum absolute atomic E-state index is 13.5. The van der Waals surface area contributed by atoms with Gasteiger partial charge in [-0.25, -0.2) is 4.68 Å². The number of anilines is 1. The second kappa shape index (κ2) is 9.62. The molecule has 0 N–H and O–H groups in total. The number of benzene rings is 2. The van der Waals surface area contributed by atoms with Crippen LogP contribution in [0, 0.1) is 0 Å². The van der Waals surface area contributed by atoms with Gasteiger partial charge >= 0.3 is 0 Å². The summed E-state index contributed by atoms with van der Waals surface area (Å²) in [5, 5.41) is 4.47. The third-order valence-electron chi connectivity index (χ3n) is 5.38. The van der Waals surface area contributed by atoms with Gasteiger partial charge in [0.1, 0.15) is 17.1 Å². The monoisotopic (exact) mass is 431 g/mol. The highest BCUT2D eigenvalue weighted by atomic mass is 16.5. The van der Waals surface area contributed by atoms with Crippen molar-refractivity contribution in [3.63, 3.8) is 0 Å². The smallest absolute Gasteiger partial charge is 0.290 e. The van der Waals surface area contributed by atoms with E-state index in [4.69, 9.17) is 9.47 Å². The topological polar surface area (TPSA) is 73.7 Å². The molecule has 164 valence electrons. The minimum atomic E-state index is -0.298. The number of ketones is 1. The molecule has 0 bridgehead atoms. The molecular weight excluding hydrogens is 406 g/mol. The average molecular weight is 431 g/mol. The summed E-state index contributed by atoms with van der Waals surface area (Å²) in [6, 6.07) is 16.9. The van der Waals surface area contributed by atoms with Crippen LogP contribution < -0.4 is 15.2 Å². The standard InChI is InChI=1S/C25H25N3O4/c1-27-25(30)24(28-14-16-32-17-15-28)22(23(26-27)19-6-4-3-5-7-19)21(29)13-10-18-8-11-20(31-2)12-9-18/h3-13H,14-17H2,1-2H3/b13-10+. The van der Waals surface area contributed by atoms with Crippen molar-refractivity contribution in [3.05, 3.63) is 82.2 Å². The van der Waals surface area contributed by atoms with Crippen molar-refractivity contribution in [2.75, 3.05) is 38.3 Å². The van der Waals surface area contributed by atoms with E-state index in [1.165, 1.54) is 10.8 Å². The molecule has 3 aromatic rings. The predicted molar refractivity (Wildman–Crippen MR) is 124 cm³/mol. The Hall–Kier alpha value is -3.71. The van der Waals surface area contributed by atoms with Crippen molar-refractivity contribution in [1.29, 1.82) is 0 Å². The van der Waals surface area contributed by atoms with Gasteiger partial charge < -0.3 is 14.4 Å². The van der Waals surface area contributed by atoms with E-state index < -0.39 is 0 Å². The van der Waals surface area contributed by atoms with E-state index in [0.29, 0.717) is 43.2 Å². The maximum atomic E-state index is 13.5. The molecule has 2 heterocycles. The molecule has 0 atom stereocenters. The Bertz CT molecular complexity index is 1180. The van der Waals surface area contributed by atoms with Crippen LogP contribution in [0.2, 0.25) is 0 Å². The maximum Gasteiger partial charge on any atom is 0.290 e. The minimum Gasteiger partial charge on any atom is -0.497 e. The third-order valence-corrected chi connectivity index (χ3v) is 5.38. The summed E-state index contributed by atoms with van der Waals surface area (Å²) in [7, 11) is 3.22. The largest absolute Gasteiger partial charge is 0.497 e. The number of hydrogen-bond donors (Lipinski definition) is 0. The van der Waals surface area contributed by atoms with Crippen LogP contribution in [-0.2, 0) is 11.8 Å². The molecule has 7 nitrogen and oxygen atoms in total. The van der Waals surface area contributed by atoms with Crippen LogP contribution in [0.5, 0.6) is 5.75 Å². The van der Waals surface area contributed by atoms with Crippen LogP contribution in [-0.4, -0.2) is 49.0 Å². The molecule has 32 heavy (non-hydrogen) atoms. The second-order valence-electron chi connectivity index (χ2n) is 7.44. The number of rotatable bonds is 6. The number of hydrogen-bond acceptors (Lipinski definition) is 6. The summed E-state index contributed by atoms with van der Waals surface area (Å²) in [4.78, 5) is 28.6. The van der Waals surface area contributed by atoms with Gasteiger partial charge in [-0.15, -0.1) is 0 Å². The van der Waals surface area contributed by atoms with Crippen molar-refractivity contribution < 1.29 is 14.3 Å². The third kappa shape index (κ3) is 4.48. The van der Waals surface area contributed by atoms with Gasteiger partial charge in [-0.05, 0) is 23.8 Å². The van der Waals surface area contributed by atoms with Gasteiger partial charge in [0.05, 0.1) is 25.9 Å². The van der Waals surface area contributed by atoms with Gasteiger partial charge in [-0.2, -0.15) is 5.10 Å². The Morgan fingerprint density at radius 2 is 1.75 bits per heavy atom. The Balaban J connectivity index is 1.83. The fraction of sp³-hybridized carbons (Fsp3) is 0.240. The number of aryl methyl sites for hydroxylation is 1. The summed E-state index contributed by atoms with van der Waals surface area (Å²) in [5.74, 6) is 0.469. The summed E-state index contributed by atoms with van der Waals surface area (Å²) >= 11 is 0. The molecule has 0 aliphatic carbocycles. The molecule has 1 aliphatic heterocycles. The molecule has 1 aromatic heterocycles. The fourth-order valence-electron chi connectivity index (χ4n) is 3.70. The summed E-state index contributed by atoms with van der Waals surface area (Å²) in [5.41, 5.74) is 2.50. The lowest BCUT2D eigenvalue weighted by atomic mass is 10.00. The zero-order valence-corrected chi connectivity index (χ0v) is 18.2. The highest BCUT2D eigenvalue weighted by Gasteiger charge is 2.27. The van der Waals surface area contributed by atoms with Gasteiger partial charge in [-0.3, -0.25) is 9.59 Å². The molecule has 7 heteroatoms. The number of carbonyl (C=O) groups is 1. The van der Waals surface area contributed by atoms with Crippen LogP contribution in [0.4, 0.5) is 5.69 Å². The van der Waals surface area contributed by atoms with Gasteiger partial charge in [0.15, 0.2) is 5.78 Å². The highest BCUT2D eigenvalue weighted by Crippen LogP contribution is 2.28. The molecule has 4 rings (SSSR count).